The molecule has 0 aliphatic rings. The number of para-hydroxylation sites is 3. The summed E-state index contributed by atoms with van der Waals surface area (Å²) in [6.45, 7) is 0. The Kier molecular flexibility index (Phi) is 6.83. The molecular weight excluding hydrogens is 713 g/mol. The molecule has 0 aliphatic carbocycles. The number of rotatable bonds is 4. The van der Waals surface area contributed by atoms with Gasteiger partial charge in [-0.25, -0.2) is 4.98 Å². The van der Waals surface area contributed by atoms with Crippen LogP contribution in [-0.2, 0) is 0 Å². The van der Waals surface area contributed by atoms with E-state index < -0.39 is 0 Å². The molecule has 0 fully saturated rings. The number of hydrogen-bond acceptors (Lipinski definition) is 3. The van der Waals surface area contributed by atoms with Crippen LogP contribution in [0.5, 0.6) is 0 Å². The zero-order chi connectivity index (χ0) is 37.6. The van der Waals surface area contributed by atoms with E-state index in [4.69, 9.17) is 4.98 Å². The van der Waals surface area contributed by atoms with E-state index in [-0.39, 0.29) is 0 Å². The van der Waals surface area contributed by atoms with E-state index in [1.165, 1.54) is 53.1 Å². The number of nitrogens with zero attached hydrogens (tertiary/aromatic N) is 4. The first-order valence-electron chi connectivity index (χ1n) is 19.1. The molecule has 0 radical (unpaired) electrons. The maximum absolute atomic E-state index is 10.1. The van der Waals surface area contributed by atoms with Gasteiger partial charge in [-0.15, -0.1) is 11.3 Å². The molecule has 0 aliphatic heterocycles. The predicted octanol–water partition coefficient (Wildman–Crippen LogP) is 14.0. The summed E-state index contributed by atoms with van der Waals surface area (Å²) in [5.41, 5.74) is 11.7. The monoisotopic (exact) mass is 742 g/mol. The SMILES string of the molecule is N#Cc1cc(-n2c3ccccc3c3cc(-c4ccc5c(c4)c4cc(-c6ccc7sc8ccccc8c7c6)ccc4n5-c4ccccc4)ccc32)nc2ccccc12. The van der Waals surface area contributed by atoms with Gasteiger partial charge in [0.25, 0.3) is 0 Å². The molecule has 0 amide bonds. The second-order valence-electron chi connectivity index (χ2n) is 14.7. The highest BCUT2D eigenvalue weighted by Gasteiger charge is 2.18. The zero-order valence-corrected chi connectivity index (χ0v) is 31.3. The van der Waals surface area contributed by atoms with Gasteiger partial charge in [0.05, 0.1) is 39.2 Å². The van der Waals surface area contributed by atoms with E-state index in [0.29, 0.717) is 5.56 Å². The van der Waals surface area contributed by atoms with Crippen LogP contribution in [0.15, 0.2) is 182 Å². The standard InChI is InChI=1S/C52H30N4S/c53-31-36-30-52(54-45-15-7-4-12-38(36)45)56-46-16-8-5-13-39(46)41-26-32(20-24-49(41)56)33-18-22-47-42(27-33)43-28-34(19-23-48(43)55(47)37-10-2-1-3-11-37)35-21-25-51-44(29-35)40-14-6-9-17-50(40)57-51/h1-30H. The molecule has 12 rings (SSSR count). The van der Waals surface area contributed by atoms with Gasteiger partial charge in [-0.3, -0.25) is 4.57 Å². The maximum Gasteiger partial charge on any atom is 0.139 e. The minimum atomic E-state index is 0.616. The number of nitriles is 1. The van der Waals surface area contributed by atoms with Crippen molar-refractivity contribution < 1.29 is 0 Å². The van der Waals surface area contributed by atoms with Gasteiger partial charge in [0.2, 0.25) is 0 Å². The summed E-state index contributed by atoms with van der Waals surface area (Å²) < 4.78 is 7.21. The van der Waals surface area contributed by atoms with Crippen molar-refractivity contribution in [2.75, 3.05) is 0 Å². The molecule has 5 heteroatoms. The van der Waals surface area contributed by atoms with Gasteiger partial charge in [-0.1, -0.05) is 97.1 Å². The third-order valence-electron chi connectivity index (χ3n) is 11.5. The predicted molar refractivity (Wildman–Crippen MR) is 239 cm³/mol. The Hall–Kier alpha value is -7.52. The highest BCUT2D eigenvalue weighted by molar-refractivity contribution is 7.25. The van der Waals surface area contributed by atoms with Crippen molar-refractivity contribution in [3.05, 3.63) is 188 Å². The average molecular weight is 743 g/mol. The Labute approximate surface area is 331 Å². The van der Waals surface area contributed by atoms with Gasteiger partial charge in [0.15, 0.2) is 0 Å². The molecule has 0 unspecified atom stereocenters. The van der Waals surface area contributed by atoms with E-state index >= 15 is 0 Å². The quantitative estimate of drug-likeness (QED) is 0.180. The molecule has 8 aromatic carbocycles. The van der Waals surface area contributed by atoms with Gasteiger partial charge in [0.1, 0.15) is 5.82 Å². The lowest BCUT2D eigenvalue weighted by Gasteiger charge is -2.10. The molecule has 4 nitrogen and oxygen atoms in total. The first kappa shape index (κ1) is 31.8. The second kappa shape index (κ2) is 12.2. The Balaban J connectivity index is 1.05. The number of aromatic nitrogens is 3. The fraction of sp³-hybridized carbons (Fsp3) is 0. The van der Waals surface area contributed by atoms with Gasteiger partial charge in [0, 0.05) is 52.8 Å². The minimum Gasteiger partial charge on any atom is -0.309 e. The molecule has 0 spiro atoms. The summed E-state index contributed by atoms with van der Waals surface area (Å²) in [6, 6.07) is 67.4. The van der Waals surface area contributed by atoms with Crippen LogP contribution in [0.25, 0.3) is 108 Å². The normalized spacial score (nSPS) is 11.8. The van der Waals surface area contributed by atoms with Crippen LogP contribution < -0.4 is 0 Å². The zero-order valence-electron chi connectivity index (χ0n) is 30.5. The third kappa shape index (κ3) is 4.82. The summed E-state index contributed by atoms with van der Waals surface area (Å²) >= 11 is 1.85. The van der Waals surface area contributed by atoms with Crippen molar-refractivity contribution in [3.63, 3.8) is 0 Å². The van der Waals surface area contributed by atoms with Gasteiger partial charge >= 0.3 is 0 Å². The molecule has 4 aromatic heterocycles. The van der Waals surface area contributed by atoms with Crippen LogP contribution in [0.4, 0.5) is 0 Å². The summed E-state index contributed by atoms with van der Waals surface area (Å²) in [7, 11) is 0. The van der Waals surface area contributed by atoms with E-state index in [9.17, 15) is 5.26 Å². The first-order valence-corrected chi connectivity index (χ1v) is 19.9. The van der Waals surface area contributed by atoms with Crippen molar-refractivity contribution in [2.24, 2.45) is 0 Å². The topological polar surface area (TPSA) is 46.5 Å². The van der Waals surface area contributed by atoms with Crippen LogP contribution in [-0.4, -0.2) is 14.1 Å². The summed E-state index contributed by atoms with van der Waals surface area (Å²) in [5.74, 6) is 0.737. The molecular formula is C52H30N4S. The van der Waals surface area contributed by atoms with Crippen molar-refractivity contribution in [1.29, 1.82) is 5.26 Å². The molecule has 12 aromatic rings. The summed E-state index contributed by atoms with van der Waals surface area (Å²) in [6.07, 6.45) is 0. The Morgan fingerprint density at radius 1 is 0.404 bits per heavy atom. The Bertz CT molecular complexity index is 3650. The molecule has 0 N–H and O–H groups in total. The van der Waals surface area contributed by atoms with Gasteiger partial charge in [-0.05, 0) is 107 Å². The van der Waals surface area contributed by atoms with Gasteiger partial charge < -0.3 is 4.57 Å². The molecule has 0 atom stereocenters. The number of pyridine rings is 1. The minimum absolute atomic E-state index is 0.616. The number of fused-ring (bicyclic) bond motifs is 10. The number of thiophene rings is 1. The largest absolute Gasteiger partial charge is 0.309 e. The highest BCUT2D eigenvalue weighted by atomic mass is 32.1. The van der Waals surface area contributed by atoms with E-state index in [0.717, 1.165) is 55.3 Å². The molecule has 0 saturated carbocycles. The van der Waals surface area contributed by atoms with E-state index in [1.807, 2.05) is 41.7 Å². The lowest BCUT2D eigenvalue weighted by Crippen LogP contribution is -1.99. The summed E-state index contributed by atoms with van der Waals surface area (Å²) in [5, 5.41) is 18.3. The van der Waals surface area contributed by atoms with Crippen molar-refractivity contribution in [3.8, 4) is 39.8 Å². The van der Waals surface area contributed by atoms with Gasteiger partial charge in [-0.2, -0.15) is 5.26 Å². The fourth-order valence-electron chi connectivity index (χ4n) is 8.91. The highest BCUT2D eigenvalue weighted by Crippen LogP contribution is 2.41. The Morgan fingerprint density at radius 3 is 1.61 bits per heavy atom. The van der Waals surface area contributed by atoms with E-state index in [1.54, 1.807) is 0 Å². The lowest BCUT2D eigenvalue weighted by molar-refractivity contribution is 1.10. The van der Waals surface area contributed by atoms with Crippen molar-refractivity contribution in [1.82, 2.24) is 14.1 Å². The molecule has 57 heavy (non-hydrogen) atoms. The van der Waals surface area contributed by atoms with Crippen molar-refractivity contribution in [2.45, 2.75) is 0 Å². The fourth-order valence-corrected chi connectivity index (χ4v) is 10.00. The number of hydrogen-bond donors (Lipinski definition) is 0. The van der Waals surface area contributed by atoms with Crippen LogP contribution in [0.3, 0.4) is 0 Å². The Morgan fingerprint density at radius 2 is 0.912 bits per heavy atom. The smallest absolute Gasteiger partial charge is 0.139 e. The van der Waals surface area contributed by atoms with Crippen LogP contribution in [0.1, 0.15) is 5.56 Å². The second-order valence-corrected chi connectivity index (χ2v) is 15.8. The van der Waals surface area contributed by atoms with Crippen LogP contribution >= 0.6 is 11.3 Å². The molecule has 0 saturated heterocycles. The molecule has 4 heterocycles. The van der Waals surface area contributed by atoms with Crippen LogP contribution in [0, 0.1) is 11.3 Å². The maximum atomic E-state index is 10.1. The average Bonchev–Trinajstić information content (AvgIpc) is 3.93. The third-order valence-corrected chi connectivity index (χ3v) is 12.7. The van der Waals surface area contributed by atoms with E-state index in [2.05, 4.69) is 167 Å². The first-order chi connectivity index (χ1) is 28.2. The summed E-state index contributed by atoms with van der Waals surface area (Å²) in [4.78, 5) is 5.06. The molecule has 264 valence electrons. The van der Waals surface area contributed by atoms with Crippen LogP contribution in [0.2, 0.25) is 0 Å². The lowest BCUT2D eigenvalue weighted by atomic mass is 9.98. The number of benzene rings is 8. The van der Waals surface area contributed by atoms with Crippen molar-refractivity contribution >= 4 is 86.0 Å². The molecule has 0 bridgehead atoms.